The summed E-state index contributed by atoms with van der Waals surface area (Å²) in [7, 11) is -4.19. The molecule has 0 aromatic heterocycles. The molecule has 0 heterocycles. The fraction of sp³-hybridized carbons (Fsp3) is 0.158. The minimum Gasteiger partial charge on any atom is -0.309 e. The van der Waals surface area contributed by atoms with Crippen LogP contribution >= 0.6 is 7.14 Å². The first-order valence-electron chi connectivity index (χ1n) is 7.33. The van der Waals surface area contributed by atoms with Gasteiger partial charge in [0.15, 0.2) is 7.14 Å². The molecule has 0 aliphatic rings. The summed E-state index contributed by atoms with van der Waals surface area (Å²) in [4.78, 5) is 0. The minimum absolute atomic E-state index is 0.840. The number of hydrogen-bond acceptors (Lipinski definition) is 1. The molecule has 2 rings (SSSR count). The minimum atomic E-state index is -2.77. The van der Waals surface area contributed by atoms with E-state index in [1.165, 1.54) is 0 Å². The van der Waals surface area contributed by atoms with Crippen LogP contribution < -0.4 is 10.6 Å². The van der Waals surface area contributed by atoms with Gasteiger partial charge in [-0.25, -0.2) is 0 Å². The SMILES string of the molecule is C[Si](C)(C)C#C/C=C\P(=O)(c1ccccc1)c1ccccc1. The fourth-order valence-corrected chi connectivity index (χ4v) is 4.69. The molecule has 0 aliphatic carbocycles. The highest BCUT2D eigenvalue weighted by Crippen LogP contribution is 2.44. The standard InChI is InChI=1S/C19H21OPSi/c1-22(2,3)17-11-10-16-21(20,18-12-6-4-7-13-18)19-14-8-5-9-15-19/h4-10,12-16H,1-3H3/b16-10-. The Morgan fingerprint density at radius 3 is 1.73 bits per heavy atom. The second-order valence-electron chi connectivity index (χ2n) is 6.16. The predicted molar refractivity (Wildman–Crippen MR) is 100 cm³/mol. The lowest BCUT2D eigenvalue weighted by molar-refractivity contribution is 0.592. The highest BCUT2D eigenvalue weighted by molar-refractivity contribution is 7.81. The predicted octanol–water partition coefficient (Wildman–Crippen LogP) is 4.40. The van der Waals surface area contributed by atoms with Crippen molar-refractivity contribution in [1.29, 1.82) is 0 Å². The van der Waals surface area contributed by atoms with E-state index in [1.807, 2.05) is 60.7 Å². The number of benzene rings is 2. The van der Waals surface area contributed by atoms with Crippen molar-refractivity contribution in [3.63, 3.8) is 0 Å². The first-order chi connectivity index (χ1) is 10.4. The lowest BCUT2D eigenvalue weighted by atomic mass is 10.4. The molecule has 0 spiro atoms. The van der Waals surface area contributed by atoms with Crippen LogP contribution in [-0.2, 0) is 4.57 Å². The van der Waals surface area contributed by atoms with Crippen LogP contribution in [0.3, 0.4) is 0 Å². The van der Waals surface area contributed by atoms with Gasteiger partial charge in [-0.1, -0.05) is 86.2 Å². The van der Waals surface area contributed by atoms with E-state index in [0.717, 1.165) is 10.6 Å². The quantitative estimate of drug-likeness (QED) is 0.465. The molecule has 0 saturated carbocycles. The third-order valence-corrected chi connectivity index (χ3v) is 6.69. The Hall–Kier alpha value is -1.81. The lowest BCUT2D eigenvalue weighted by Crippen LogP contribution is -2.16. The molecular formula is C19H21OPSi. The topological polar surface area (TPSA) is 17.1 Å². The molecule has 1 nitrogen and oxygen atoms in total. The lowest BCUT2D eigenvalue weighted by Gasteiger charge is -2.14. The van der Waals surface area contributed by atoms with Gasteiger partial charge < -0.3 is 4.57 Å². The fourth-order valence-electron chi connectivity index (χ4n) is 2.02. The summed E-state index contributed by atoms with van der Waals surface area (Å²) >= 11 is 0. The summed E-state index contributed by atoms with van der Waals surface area (Å²) in [6.45, 7) is 6.59. The van der Waals surface area contributed by atoms with E-state index in [1.54, 1.807) is 11.9 Å². The smallest absolute Gasteiger partial charge is 0.164 e. The zero-order chi connectivity index (χ0) is 16.1. The van der Waals surface area contributed by atoms with E-state index < -0.39 is 15.2 Å². The highest BCUT2D eigenvalue weighted by atomic mass is 31.2. The van der Waals surface area contributed by atoms with Crippen LogP contribution in [0.2, 0.25) is 19.6 Å². The molecule has 0 saturated heterocycles. The number of hydrogen-bond donors (Lipinski definition) is 0. The maximum atomic E-state index is 13.6. The van der Waals surface area contributed by atoms with Crippen LogP contribution in [0.25, 0.3) is 0 Å². The molecule has 0 aliphatic heterocycles. The molecular weight excluding hydrogens is 303 g/mol. The Balaban J connectivity index is 2.46. The van der Waals surface area contributed by atoms with Crippen molar-refractivity contribution in [2.45, 2.75) is 19.6 Å². The number of allylic oxidation sites excluding steroid dienone is 1. The van der Waals surface area contributed by atoms with Crippen LogP contribution in [0.1, 0.15) is 0 Å². The third-order valence-electron chi connectivity index (χ3n) is 3.09. The van der Waals surface area contributed by atoms with E-state index in [0.29, 0.717) is 0 Å². The van der Waals surface area contributed by atoms with E-state index in [-0.39, 0.29) is 0 Å². The Morgan fingerprint density at radius 2 is 1.32 bits per heavy atom. The molecule has 0 bridgehead atoms. The summed E-state index contributed by atoms with van der Waals surface area (Å²) < 4.78 is 13.6. The van der Waals surface area contributed by atoms with Gasteiger partial charge in [0.2, 0.25) is 0 Å². The highest BCUT2D eigenvalue weighted by Gasteiger charge is 2.23. The van der Waals surface area contributed by atoms with E-state index in [4.69, 9.17) is 0 Å². The molecule has 0 radical (unpaired) electrons. The largest absolute Gasteiger partial charge is 0.309 e. The summed E-state index contributed by atoms with van der Waals surface area (Å²) in [6, 6.07) is 19.3. The molecule has 0 unspecified atom stereocenters. The average Bonchev–Trinajstić information content (AvgIpc) is 2.52. The van der Waals surface area contributed by atoms with Gasteiger partial charge in [-0.05, 0) is 11.9 Å². The van der Waals surface area contributed by atoms with Gasteiger partial charge in [-0.15, -0.1) is 5.54 Å². The molecule has 112 valence electrons. The van der Waals surface area contributed by atoms with Gasteiger partial charge in [0.05, 0.1) is 0 Å². The molecule has 0 atom stereocenters. The van der Waals surface area contributed by atoms with Gasteiger partial charge in [0.25, 0.3) is 0 Å². The molecule has 2 aromatic carbocycles. The van der Waals surface area contributed by atoms with Gasteiger partial charge >= 0.3 is 0 Å². The number of rotatable bonds is 3. The van der Waals surface area contributed by atoms with Crippen molar-refractivity contribution in [3.05, 3.63) is 72.6 Å². The van der Waals surface area contributed by atoms with Gasteiger partial charge in [-0.3, -0.25) is 0 Å². The maximum Gasteiger partial charge on any atom is 0.164 e. The molecule has 0 amide bonds. The maximum absolute atomic E-state index is 13.6. The zero-order valence-corrected chi connectivity index (χ0v) is 15.2. The molecule has 0 fully saturated rings. The van der Waals surface area contributed by atoms with Crippen molar-refractivity contribution >= 4 is 25.8 Å². The summed E-state index contributed by atoms with van der Waals surface area (Å²) in [5.41, 5.74) is 3.28. The Kier molecular flexibility index (Phi) is 5.24. The Bertz CT molecular complexity index is 703. The summed E-state index contributed by atoms with van der Waals surface area (Å²) in [6.07, 6.45) is 1.76. The van der Waals surface area contributed by atoms with Crippen molar-refractivity contribution in [3.8, 4) is 11.5 Å². The van der Waals surface area contributed by atoms with Gasteiger partial charge in [0.1, 0.15) is 8.07 Å². The second kappa shape index (κ2) is 6.96. The van der Waals surface area contributed by atoms with Crippen molar-refractivity contribution in [2.75, 3.05) is 0 Å². The van der Waals surface area contributed by atoms with Gasteiger partial charge in [0, 0.05) is 10.6 Å². The first kappa shape index (κ1) is 16.6. The first-order valence-corrected chi connectivity index (χ1v) is 12.6. The van der Waals surface area contributed by atoms with Crippen LogP contribution in [0.4, 0.5) is 0 Å². The monoisotopic (exact) mass is 324 g/mol. The summed E-state index contributed by atoms with van der Waals surface area (Å²) in [5, 5.41) is 1.68. The Morgan fingerprint density at radius 1 is 0.864 bits per heavy atom. The normalized spacial score (nSPS) is 12.0. The summed E-state index contributed by atoms with van der Waals surface area (Å²) in [5.74, 6) is 4.86. The average molecular weight is 324 g/mol. The van der Waals surface area contributed by atoms with Crippen molar-refractivity contribution in [1.82, 2.24) is 0 Å². The van der Waals surface area contributed by atoms with Crippen LogP contribution in [0.15, 0.2) is 72.6 Å². The molecule has 2 aromatic rings. The van der Waals surface area contributed by atoms with Crippen LogP contribution in [-0.4, -0.2) is 8.07 Å². The van der Waals surface area contributed by atoms with Crippen molar-refractivity contribution < 1.29 is 4.57 Å². The van der Waals surface area contributed by atoms with Crippen LogP contribution in [0, 0.1) is 11.5 Å². The Labute approximate surface area is 134 Å². The second-order valence-corrected chi connectivity index (χ2v) is 13.6. The van der Waals surface area contributed by atoms with E-state index in [2.05, 4.69) is 31.1 Å². The van der Waals surface area contributed by atoms with E-state index in [9.17, 15) is 4.57 Å². The van der Waals surface area contributed by atoms with Crippen molar-refractivity contribution in [2.24, 2.45) is 0 Å². The van der Waals surface area contributed by atoms with Gasteiger partial charge in [-0.2, -0.15) is 0 Å². The molecule has 3 heteroatoms. The van der Waals surface area contributed by atoms with Crippen LogP contribution in [0.5, 0.6) is 0 Å². The van der Waals surface area contributed by atoms with E-state index >= 15 is 0 Å². The zero-order valence-electron chi connectivity index (χ0n) is 13.3. The third kappa shape index (κ3) is 4.34. The molecule has 0 N–H and O–H groups in total. The molecule has 22 heavy (non-hydrogen) atoms.